The summed E-state index contributed by atoms with van der Waals surface area (Å²) in [4.78, 5) is 20.5. The molecule has 1 fully saturated rings. The zero-order chi connectivity index (χ0) is 10.4. The lowest BCUT2D eigenvalue weighted by Crippen LogP contribution is -2.24. The summed E-state index contributed by atoms with van der Waals surface area (Å²) in [6, 6.07) is 0. The lowest BCUT2D eigenvalue weighted by Gasteiger charge is -1.98. The minimum atomic E-state index is -0.505. The van der Waals surface area contributed by atoms with Crippen LogP contribution in [0.2, 0.25) is 0 Å². The van der Waals surface area contributed by atoms with E-state index in [4.69, 9.17) is 5.21 Å². The standard InChI is InChI=1S/C4H5NO3.C3H6S2/c6-3-1-2-4(7)5(3)8;1-2-3(4)5/h8H,1-2H2;2H2,1H3,(H,4,5). The first kappa shape index (κ1) is 12.5. The smallest absolute Gasteiger partial charge is 0.253 e. The minimum absolute atomic E-state index is 0.148. The number of hydroxylamine groups is 2. The van der Waals surface area contributed by atoms with Crippen molar-refractivity contribution in [1.29, 1.82) is 0 Å². The van der Waals surface area contributed by atoms with E-state index in [0.29, 0.717) is 0 Å². The quantitative estimate of drug-likeness (QED) is 0.302. The molecule has 1 N–H and O–H groups in total. The third kappa shape index (κ3) is 4.97. The van der Waals surface area contributed by atoms with E-state index in [1.165, 1.54) is 0 Å². The van der Waals surface area contributed by atoms with E-state index in [0.717, 1.165) is 10.6 Å². The Bertz CT molecular complexity index is 214. The molecule has 1 rings (SSSR count). The van der Waals surface area contributed by atoms with Gasteiger partial charge in [0.25, 0.3) is 11.8 Å². The second-order valence-electron chi connectivity index (χ2n) is 2.35. The van der Waals surface area contributed by atoms with Crippen LogP contribution in [0.15, 0.2) is 0 Å². The SMILES string of the molecule is CCC(=S)S.O=C1CCC(=O)N1O. The van der Waals surface area contributed by atoms with Crippen molar-refractivity contribution in [2.24, 2.45) is 0 Å². The predicted octanol–water partition coefficient (Wildman–Crippen LogP) is 1.18. The van der Waals surface area contributed by atoms with E-state index < -0.39 is 11.8 Å². The van der Waals surface area contributed by atoms with Crippen LogP contribution in [-0.2, 0) is 9.59 Å². The molecule has 0 aliphatic carbocycles. The first-order chi connectivity index (χ1) is 5.99. The molecule has 0 radical (unpaired) electrons. The highest BCUT2D eigenvalue weighted by Gasteiger charge is 2.26. The zero-order valence-corrected chi connectivity index (χ0v) is 8.90. The molecule has 0 bridgehead atoms. The maximum atomic E-state index is 10.2. The number of rotatable bonds is 1. The highest BCUT2D eigenvalue weighted by atomic mass is 32.1. The molecule has 13 heavy (non-hydrogen) atoms. The second-order valence-corrected chi connectivity index (χ2v) is 3.68. The number of amides is 2. The molecule has 1 aliphatic rings. The molecule has 4 nitrogen and oxygen atoms in total. The normalized spacial score (nSPS) is 15.5. The fourth-order valence-corrected chi connectivity index (χ4v) is 0.565. The summed E-state index contributed by atoms with van der Waals surface area (Å²) in [5, 5.41) is 8.57. The first-order valence-corrected chi connectivity index (χ1v) is 4.61. The Labute approximate surface area is 87.3 Å². The average molecular weight is 221 g/mol. The van der Waals surface area contributed by atoms with Crippen molar-refractivity contribution < 1.29 is 14.8 Å². The Morgan fingerprint density at radius 3 is 1.92 bits per heavy atom. The maximum Gasteiger partial charge on any atom is 0.253 e. The molecule has 2 amide bonds. The summed E-state index contributed by atoms with van der Waals surface area (Å²) >= 11 is 8.39. The van der Waals surface area contributed by atoms with Crippen LogP contribution < -0.4 is 0 Å². The zero-order valence-electron chi connectivity index (χ0n) is 7.19. The summed E-state index contributed by atoms with van der Waals surface area (Å²) in [7, 11) is 0. The molecule has 74 valence electrons. The highest BCUT2D eigenvalue weighted by molar-refractivity contribution is 8.11. The summed E-state index contributed by atoms with van der Waals surface area (Å²) in [5.41, 5.74) is 0. The largest absolute Gasteiger partial charge is 0.279 e. The number of nitrogens with zero attached hydrogens (tertiary/aromatic N) is 1. The number of carbonyl (C=O) groups excluding carboxylic acids is 2. The van der Waals surface area contributed by atoms with E-state index in [1.54, 1.807) is 0 Å². The maximum absolute atomic E-state index is 10.2. The molecular formula is C7H11NO3S2. The topological polar surface area (TPSA) is 57.6 Å². The van der Waals surface area contributed by atoms with Crippen molar-refractivity contribution in [2.75, 3.05) is 0 Å². The van der Waals surface area contributed by atoms with Gasteiger partial charge in [-0.2, -0.15) is 5.06 Å². The number of hydrogen-bond donors (Lipinski definition) is 2. The van der Waals surface area contributed by atoms with Crippen LogP contribution in [0, 0.1) is 0 Å². The number of hydrogen-bond acceptors (Lipinski definition) is 4. The molecule has 0 saturated carbocycles. The van der Waals surface area contributed by atoms with E-state index >= 15 is 0 Å². The van der Waals surface area contributed by atoms with Crippen LogP contribution in [0.5, 0.6) is 0 Å². The molecule has 0 aromatic heterocycles. The Morgan fingerprint density at radius 1 is 1.54 bits per heavy atom. The summed E-state index contributed by atoms with van der Waals surface area (Å²) in [6.07, 6.45) is 1.20. The third-order valence-electron chi connectivity index (χ3n) is 1.33. The minimum Gasteiger partial charge on any atom is -0.279 e. The van der Waals surface area contributed by atoms with E-state index in [9.17, 15) is 9.59 Å². The molecule has 0 unspecified atom stereocenters. The fourth-order valence-electron chi connectivity index (χ4n) is 0.565. The number of carbonyl (C=O) groups is 2. The molecule has 1 heterocycles. The van der Waals surface area contributed by atoms with Gasteiger partial charge in [0, 0.05) is 17.0 Å². The van der Waals surface area contributed by atoms with Gasteiger partial charge in [0.2, 0.25) is 0 Å². The molecule has 6 heteroatoms. The summed E-state index contributed by atoms with van der Waals surface area (Å²) < 4.78 is 0.782. The van der Waals surface area contributed by atoms with Crippen LogP contribution in [0.25, 0.3) is 0 Å². The van der Waals surface area contributed by atoms with Gasteiger partial charge >= 0.3 is 0 Å². The predicted molar refractivity (Wildman–Crippen MR) is 54.7 cm³/mol. The van der Waals surface area contributed by atoms with Gasteiger partial charge in [-0.3, -0.25) is 14.8 Å². The Balaban J connectivity index is 0.000000252. The third-order valence-corrected chi connectivity index (χ3v) is 1.93. The molecule has 0 spiro atoms. The Hall–Kier alpha value is -0.460. The lowest BCUT2D eigenvalue weighted by molar-refractivity contribution is -0.171. The van der Waals surface area contributed by atoms with E-state index in [1.807, 2.05) is 6.92 Å². The van der Waals surface area contributed by atoms with Crippen molar-refractivity contribution in [3.8, 4) is 0 Å². The Morgan fingerprint density at radius 2 is 1.85 bits per heavy atom. The van der Waals surface area contributed by atoms with Gasteiger partial charge in [0.15, 0.2) is 0 Å². The van der Waals surface area contributed by atoms with Crippen LogP contribution in [0.4, 0.5) is 0 Å². The molecule has 0 aromatic carbocycles. The van der Waals surface area contributed by atoms with Gasteiger partial charge in [0.1, 0.15) is 0 Å². The van der Waals surface area contributed by atoms with Gasteiger partial charge in [-0.05, 0) is 6.42 Å². The van der Waals surface area contributed by atoms with Gasteiger partial charge in [-0.1, -0.05) is 19.1 Å². The monoisotopic (exact) mass is 221 g/mol. The van der Waals surface area contributed by atoms with Crippen molar-refractivity contribution in [3.05, 3.63) is 0 Å². The fraction of sp³-hybridized carbons (Fsp3) is 0.571. The van der Waals surface area contributed by atoms with Crippen molar-refractivity contribution in [1.82, 2.24) is 5.06 Å². The molecule has 1 aliphatic heterocycles. The van der Waals surface area contributed by atoms with Crippen molar-refractivity contribution >= 4 is 40.9 Å². The number of thiocarbonyl (C=S) groups is 1. The first-order valence-electron chi connectivity index (χ1n) is 3.75. The van der Waals surface area contributed by atoms with Crippen LogP contribution in [0.3, 0.4) is 0 Å². The van der Waals surface area contributed by atoms with Crippen molar-refractivity contribution in [2.45, 2.75) is 26.2 Å². The second kappa shape index (κ2) is 6.06. The molecule has 0 aromatic rings. The van der Waals surface area contributed by atoms with Crippen LogP contribution in [-0.4, -0.2) is 26.3 Å². The van der Waals surface area contributed by atoms with Crippen LogP contribution in [0.1, 0.15) is 26.2 Å². The average Bonchev–Trinajstić information content (AvgIpc) is 2.37. The number of imide groups is 1. The summed E-state index contributed by atoms with van der Waals surface area (Å²) in [5.74, 6) is -1.01. The van der Waals surface area contributed by atoms with E-state index in [2.05, 4.69) is 24.8 Å². The molecule has 1 saturated heterocycles. The lowest BCUT2D eigenvalue weighted by atomic mass is 10.4. The Kier molecular flexibility index (Phi) is 5.85. The van der Waals surface area contributed by atoms with Gasteiger partial charge < -0.3 is 0 Å². The van der Waals surface area contributed by atoms with Crippen LogP contribution >= 0.6 is 24.8 Å². The number of thiol groups is 1. The van der Waals surface area contributed by atoms with E-state index in [-0.39, 0.29) is 17.9 Å². The molecular weight excluding hydrogens is 210 g/mol. The van der Waals surface area contributed by atoms with Gasteiger partial charge in [-0.25, -0.2) is 0 Å². The summed E-state index contributed by atoms with van der Waals surface area (Å²) in [6.45, 7) is 1.98. The highest BCUT2D eigenvalue weighted by Crippen LogP contribution is 2.06. The van der Waals surface area contributed by atoms with Crippen molar-refractivity contribution in [3.63, 3.8) is 0 Å². The van der Waals surface area contributed by atoms with Gasteiger partial charge in [-0.15, -0.1) is 12.6 Å². The molecule has 0 atom stereocenters. The van der Waals surface area contributed by atoms with Gasteiger partial charge in [0.05, 0.1) is 0 Å².